The average molecular weight is 274 g/mol. The summed E-state index contributed by atoms with van der Waals surface area (Å²) in [4.78, 5) is 16.2. The van der Waals surface area contributed by atoms with Gasteiger partial charge in [-0.05, 0) is 43.7 Å². The van der Waals surface area contributed by atoms with E-state index in [1.807, 2.05) is 18.2 Å². The molecular weight excluding hydrogens is 256 g/mol. The van der Waals surface area contributed by atoms with Crippen molar-refractivity contribution in [2.24, 2.45) is 5.92 Å². The number of hydrogen-bond donors (Lipinski definition) is 1. The van der Waals surface area contributed by atoms with Gasteiger partial charge in [0, 0.05) is 13.0 Å². The first-order valence-electron chi connectivity index (χ1n) is 6.92. The molecule has 4 heteroatoms. The lowest BCUT2D eigenvalue weighted by Crippen LogP contribution is -2.25. The van der Waals surface area contributed by atoms with Crippen LogP contribution in [0, 0.1) is 5.92 Å². The molecule has 1 amide bonds. The standard InChI is InChI=1S/C15H18N2OS/c18-14(16-10-11-8-9-11)6-3-7-15-17-12-4-1-2-5-13(12)19-15/h1-2,4-5,11H,3,6-10H2,(H,16,18). The van der Waals surface area contributed by atoms with E-state index in [9.17, 15) is 4.79 Å². The van der Waals surface area contributed by atoms with E-state index < -0.39 is 0 Å². The fraction of sp³-hybridized carbons (Fsp3) is 0.467. The van der Waals surface area contributed by atoms with Gasteiger partial charge < -0.3 is 5.32 Å². The molecule has 1 aliphatic carbocycles. The van der Waals surface area contributed by atoms with Crippen LogP contribution in [0.25, 0.3) is 10.2 Å². The Labute approximate surface area is 117 Å². The number of thiazole rings is 1. The zero-order chi connectivity index (χ0) is 13.1. The first-order valence-corrected chi connectivity index (χ1v) is 7.74. The number of para-hydroxylation sites is 1. The van der Waals surface area contributed by atoms with Crippen molar-refractivity contribution in [2.45, 2.75) is 32.1 Å². The van der Waals surface area contributed by atoms with Crippen LogP contribution in [0.4, 0.5) is 0 Å². The van der Waals surface area contributed by atoms with E-state index in [1.54, 1.807) is 11.3 Å². The van der Waals surface area contributed by atoms with Crippen LogP contribution >= 0.6 is 11.3 Å². The van der Waals surface area contributed by atoms with Crippen molar-refractivity contribution < 1.29 is 4.79 Å². The van der Waals surface area contributed by atoms with Crippen molar-refractivity contribution in [3.8, 4) is 0 Å². The van der Waals surface area contributed by atoms with Gasteiger partial charge in [0.05, 0.1) is 15.2 Å². The molecule has 1 aromatic carbocycles. The van der Waals surface area contributed by atoms with Crippen LogP contribution in [0.5, 0.6) is 0 Å². The number of aromatic nitrogens is 1. The molecule has 3 nitrogen and oxygen atoms in total. The Balaban J connectivity index is 1.44. The third kappa shape index (κ3) is 3.53. The van der Waals surface area contributed by atoms with Crippen molar-refractivity contribution in [2.75, 3.05) is 6.54 Å². The third-order valence-electron chi connectivity index (χ3n) is 3.42. The zero-order valence-electron chi connectivity index (χ0n) is 10.9. The Morgan fingerprint density at radius 2 is 2.21 bits per heavy atom. The summed E-state index contributed by atoms with van der Waals surface area (Å²) < 4.78 is 1.23. The van der Waals surface area contributed by atoms with Crippen molar-refractivity contribution in [1.82, 2.24) is 10.3 Å². The first kappa shape index (κ1) is 12.6. The second-order valence-corrected chi connectivity index (χ2v) is 6.29. The number of nitrogens with one attached hydrogen (secondary N) is 1. The summed E-state index contributed by atoms with van der Waals surface area (Å²) in [5.41, 5.74) is 1.07. The quantitative estimate of drug-likeness (QED) is 0.879. The molecule has 0 spiro atoms. The number of carbonyl (C=O) groups is 1. The smallest absolute Gasteiger partial charge is 0.220 e. The summed E-state index contributed by atoms with van der Waals surface area (Å²) in [5.74, 6) is 0.946. The number of amides is 1. The lowest BCUT2D eigenvalue weighted by molar-refractivity contribution is -0.121. The molecule has 2 aromatic rings. The predicted octanol–water partition coefficient (Wildman–Crippen LogP) is 3.15. The molecule has 100 valence electrons. The van der Waals surface area contributed by atoms with Crippen LogP contribution in [-0.4, -0.2) is 17.4 Å². The first-order chi connectivity index (χ1) is 9.31. The van der Waals surface area contributed by atoms with E-state index in [0.29, 0.717) is 6.42 Å². The molecule has 0 aliphatic heterocycles. The number of fused-ring (bicyclic) bond motifs is 1. The Kier molecular flexibility index (Phi) is 3.78. The van der Waals surface area contributed by atoms with Crippen LogP contribution in [0.15, 0.2) is 24.3 Å². The number of carbonyl (C=O) groups excluding carboxylic acids is 1. The maximum Gasteiger partial charge on any atom is 0.220 e. The largest absolute Gasteiger partial charge is 0.356 e. The van der Waals surface area contributed by atoms with Gasteiger partial charge in [-0.3, -0.25) is 4.79 Å². The molecule has 0 saturated heterocycles. The summed E-state index contributed by atoms with van der Waals surface area (Å²) in [6.07, 6.45) is 4.97. The number of hydrogen-bond acceptors (Lipinski definition) is 3. The Bertz CT molecular complexity index is 541. The van der Waals surface area contributed by atoms with E-state index >= 15 is 0 Å². The molecular formula is C15H18N2OS. The number of benzene rings is 1. The van der Waals surface area contributed by atoms with Gasteiger partial charge in [-0.25, -0.2) is 4.98 Å². The summed E-state index contributed by atoms with van der Waals surface area (Å²) in [5, 5.41) is 4.14. The van der Waals surface area contributed by atoms with Gasteiger partial charge >= 0.3 is 0 Å². The summed E-state index contributed by atoms with van der Waals surface area (Å²) >= 11 is 1.73. The highest BCUT2D eigenvalue weighted by Crippen LogP contribution is 2.27. The minimum Gasteiger partial charge on any atom is -0.356 e. The van der Waals surface area contributed by atoms with Crippen LogP contribution in [0.1, 0.15) is 30.7 Å². The third-order valence-corrected chi connectivity index (χ3v) is 4.51. The maximum atomic E-state index is 11.6. The SMILES string of the molecule is O=C(CCCc1nc2ccccc2s1)NCC1CC1. The fourth-order valence-electron chi connectivity index (χ4n) is 2.10. The van der Waals surface area contributed by atoms with Crippen LogP contribution in [-0.2, 0) is 11.2 Å². The molecule has 0 atom stereocenters. The van der Waals surface area contributed by atoms with E-state index in [0.717, 1.165) is 35.8 Å². The topological polar surface area (TPSA) is 42.0 Å². The van der Waals surface area contributed by atoms with Gasteiger partial charge in [0.25, 0.3) is 0 Å². The molecule has 1 aliphatic rings. The summed E-state index contributed by atoms with van der Waals surface area (Å²) in [6.45, 7) is 0.875. The van der Waals surface area contributed by atoms with Crippen molar-refractivity contribution in [3.05, 3.63) is 29.3 Å². The lowest BCUT2D eigenvalue weighted by atomic mass is 10.2. The number of rotatable bonds is 6. The molecule has 1 fully saturated rings. The van der Waals surface area contributed by atoms with Crippen LogP contribution in [0.3, 0.4) is 0 Å². The molecule has 1 N–H and O–H groups in total. The number of nitrogens with zero attached hydrogens (tertiary/aromatic N) is 1. The van der Waals surface area contributed by atoms with Crippen LogP contribution < -0.4 is 5.32 Å². The van der Waals surface area contributed by atoms with Crippen molar-refractivity contribution in [3.63, 3.8) is 0 Å². The van der Waals surface area contributed by atoms with Gasteiger partial charge in [0.2, 0.25) is 5.91 Å². The molecule has 0 radical (unpaired) electrons. The van der Waals surface area contributed by atoms with Gasteiger partial charge in [-0.2, -0.15) is 0 Å². The predicted molar refractivity (Wildman–Crippen MR) is 78.3 cm³/mol. The van der Waals surface area contributed by atoms with Gasteiger partial charge in [0.1, 0.15) is 0 Å². The summed E-state index contributed by atoms with van der Waals surface area (Å²) in [7, 11) is 0. The Hall–Kier alpha value is -1.42. The highest BCUT2D eigenvalue weighted by molar-refractivity contribution is 7.18. The maximum absolute atomic E-state index is 11.6. The Morgan fingerprint density at radius 3 is 3.00 bits per heavy atom. The lowest BCUT2D eigenvalue weighted by Gasteiger charge is -2.02. The second kappa shape index (κ2) is 5.70. The molecule has 1 saturated carbocycles. The van der Waals surface area contributed by atoms with Crippen molar-refractivity contribution in [1.29, 1.82) is 0 Å². The van der Waals surface area contributed by atoms with Crippen LogP contribution in [0.2, 0.25) is 0 Å². The summed E-state index contributed by atoms with van der Waals surface area (Å²) in [6, 6.07) is 8.18. The average Bonchev–Trinajstić information content (AvgIpc) is 3.15. The Morgan fingerprint density at radius 1 is 1.37 bits per heavy atom. The molecule has 0 unspecified atom stereocenters. The molecule has 19 heavy (non-hydrogen) atoms. The zero-order valence-corrected chi connectivity index (χ0v) is 11.7. The monoisotopic (exact) mass is 274 g/mol. The highest BCUT2D eigenvalue weighted by atomic mass is 32.1. The van der Waals surface area contributed by atoms with Crippen molar-refractivity contribution >= 4 is 27.5 Å². The van der Waals surface area contributed by atoms with E-state index in [2.05, 4.69) is 16.4 Å². The molecule has 3 rings (SSSR count). The fourth-order valence-corrected chi connectivity index (χ4v) is 3.10. The highest BCUT2D eigenvalue weighted by Gasteiger charge is 2.21. The van der Waals surface area contributed by atoms with Gasteiger partial charge in [-0.15, -0.1) is 11.3 Å². The minimum atomic E-state index is 0.188. The van der Waals surface area contributed by atoms with Gasteiger partial charge in [-0.1, -0.05) is 12.1 Å². The van der Waals surface area contributed by atoms with E-state index in [-0.39, 0.29) is 5.91 Å². The second-order valence-electron chi connectivity index (χ2n) is 5.18. The van der Waals surface area contributed by atoms with Gasteiger partial charge in [0.15, 0.2) is 0 Å². The molecule has 1 heterocycles. The molecule has 0 bridgehead atoms. The number of aryl methyl sites for hydroxylation is 1. The minimum absolute atomic E-state index is 0.188. The van der Waals surface area contributed by atoms with E-state index in [4.69, 9.17) is 0 Å². The molecule has 1 aromatic heterocycles. The normalized spacial score (nSPS) is 14.7. The van der Waals surface area contributed by atoms with E-state index in [1.165, 1.54) is 17.5 Å².